The van der Waals surface area contributed by atoms with Crippen LogP contribution < -0.4 is 5.56 Å². The first-order chi connectivity index (χ1) is 10.6. The largest absolute Gasteiger partial charge is 0.508 e. The maximum absolute atomic E-state index is 12.2. The van der Waals surface area contributed by atoms with E-state index in [1.807, 2.05) is 0 Å². The second-order valence-electron chi connectivity index (χ2n) is 5.20. The maximum Gasteiger partial charge on any atom is 0.259 e. The Morgan fingerprint density at radius 2 is 1.95 bits per heavy atom. The molecule has 106 valence electrons. The lowest BCUT2D eigenvalue weighted by atomic mass is 10.1. The van der Waals surface area contributed by atoms with E-state index in [4.69, 9.17) is 0 Å². The molecule has 22 heavy (non-hydrogen) atoms. The summed E-state index contributed by atoms with van der Waals surface area (Å²) in [7, 11) is 0. The molecule has 0 saturated heterocycles. The topological polar surface area (TPSA) is 104 Å². The average molecular weight is 292 g/mol. The minimum atomic E-state index is -0.373. The summed E-state index contributed by atoms with van der Waals surface area (Å²) >= 11 is 0. The Labute approximate surface area is 121 Å². The van der Waals surface area contributed by atoms with Gasteiger partial charge in [0, 0.05) is 17.0 Å². The van der Waals surface area contributed by atoms with Crippen molar-refractivity contribution in [3.63, 3.8) is 0 Å². The third-order valence-electron chi connectivity index (χ3n) is 3.99. The van der Waals surface area contributed by atoms with Gasteiger partial charge in [-0.2, -0.15) is 5.10 Å². The van der Waals surface area contributed by atoms with E-state index in [-0.39, 0.29) is 17.2 Å². The van der Waals surface area contributed by atoms with Gasteiger partial charge >= 0.3 is 0 Å². The van der Waals surface area contributed by atoms with E-state index >= 15 is 0 Å². The molecule has 0 saturated carbocycles. The van der Waals surface area contributed by atoms with E-state index in [2.05, 4.69) is 15.1 Å². The lowest BCUT2D eigenvalue weighted by Gasteiger charge is -1.99. The van der Waals surface area contributed by atoms with Gasteiger partial charge in [0.2, 0.25) is 5.88 Å². The van der Waals surface area contributed by atoms with Gasteiger partial charge in [0.1, 0.15) is 5.75 Å². The third-order valence-corrected chi connectivity index (χ3v) is 3.99. The quantitative estimate of drug-likeness (QED) is 0.403. The summed E-state index contributed by atoms with van der Waals surface area (Å²) in [5.74, 6) is -0.123. The number of pyridine rings is 1. The Morgan fingerprint density at radius 3 is 2.82 bits per heavy atom. The summed E-state index contributed by atoms with van der Waals surface area (Å²) in [5, 5.41) is 26.4. The van der Waals surface area contributed by atoms with Crippen LogP contribution in [0.5, 0.6) is 11.6 Å². The van der Waals surface area contributed by atoms with E-state index in [0.717, 1.165) is 0 Å². The first kappa shape index (κ1) is 11.3. The van der Waals surface area contributed by atoms with Gasteiger partial charge in [-0.25, -0.2) is 9.50 Å². The Morgan fingerprint density at radius 1 is 1.09 bits per heavy atom. The number of phenolic OH excluding ortho intramolecular Hbond substituents is 1. The van der Waals surface area contributed by atoms with E-state index in [9.17, 15) is 15.0 Å². The van der Waals surface area contributed by atoms with Crippen LogP contribution in [-0.4, -0.2) is 29.8 Å². The number of hydrogen-bond donors (Lipinski definition) is 3. The van der Waals surface area contributed by atoms with Gasteiger partial charge in [0.15, 0.2) is 5.65 Å². The molecule has 0 unspecified atom stereocenters. The predicted molar refractivity (Wildman–Crippen MR) is 80.6 cm³/mol. The molecule has 0 atom stereocenters. The number of aromatic nitrogens is 4. The van der Waals surface area contributed by atoms with Crippen molar-refractivity contribution in [1.82, 2.24) is 19.6 Å². The molecule has 0 radical (unpaired) electrons. The normalized spacial score (nSPS) is 12.2. The Hall–Kier alpha value is -3.35. The van der Waals surface area contributed by atoms with Crippen LogP contribution in [0.15, 0.2) is 35.3 Å². The molecule has 5 aromatic rings. The second-order valence-corrected chi connectivity index (χ2v) is 5.20. The van der Waals surface area contributed by atoms with Crippen molar-refractivity contribution in [1.29, 1.82) is 0 Å². The second kappa shape index (κ2) is 3.45. The zero-order chi connectivity index (χ0) is 15.0. The van der Waals surface area contributed by atoms with E-state index < -0.39 is 0 Å². The molecule has 0 aliphatic heterocycles. The molecule has 0 spiro atoms. The molecule has 0 amide bonds. The van der Waals surface area contributed by atoms with Crippen molar-refractivity contribution < 1.29 is 10.2 Å². The lowest BCUT2D eigenvalue weighted by molar-refractivity contribution is 0.461. The summed E-state index contributed by atoms with van der Waals surface area (Å²) in [6.45, 7) is 0. The number of H-pyrrole nitrogens is 1. The van der Waals surface area contributed by atoms with Crippen LogP contribution in [0.3, 0.4) is 0 Å². The number of phenols is 1. The Kier molecular flexibility index (Phi) is 1.78. The first-order valence-corrected chi connectivity index (χ1v) is 6.61. The average Bonchev–Trinajstić information content (AvgIpc) is 3.14. The summed E-state index contributed by atoms with van der Waals surface area (Å²) in [5.41, 5.74) is 1.35. The number of benzene rings is 1. The highest BCUT2D eigenvalue weighted by molar-refractivity contribution is 6.20. The van der Waals surface area contributed by atoms with Crippen LogP contribution in [0.1, 0.15) is 0 Å². The zero-order valence-electron chi connectivity index (χ0n) is 11.0. The van der Waals surface area contributed by atoms with Crippen LogP contribution in [0.2, 0.25) is 0 Å². The fraction of sp³-hybridized carbons (Fsp3) is 0. The van der Waals surface area contributed by atoms with Gasteiger partial charge < -0.3 is 10.2 Å². The predicted octanol–water partition coefficient (Wildman–Crippen LogP) is 1.73. The first-order valence-electron chi connectivity index (χ1n) is 6.61. The number of aromatic amines is 1. The van der Waals surface area contributed by atoms with Gasteiger partial charge in [0.05, 0.1) is 21.8 Å². The third kappa shape index (κ3) is 1.15. The fourth-order valence-corrected chi connectivity index (χ4v) is 3.11. The van der Waals surface area contributed by atoms with Crippen LogP contribution in [-0.2, 0) is 0 Å². The lowest BCUT2D eigenvalue weighted by Crippen LogP contribution is -1.99. The molecule has 4 heterocycles. The highest BCUT2D eigenvalue weighted by Gasteiger charge is 2.21. The van der Waals surface area contributed by atoms with Gasteiger partial charge in [-0.1, -0.05) is 0 Å². The summed E-state index contributed by atoms with van der Waals surface area (Å²) < 4.78 is 1.59. The van der Waals surface area contributed by atoms with E-state index in [1.54, 1.807) is 28.9 Å². The molecule has 0 fully saturated rings. The summed E-state index contributed by atoms with van der Waals surface area (Å²) in [6.07, 6.45) is 1.59. The highest BCUT2D eigenvalue weighted by atomic mass is 16.3. The highest BCUT2D eigenvalue weighted by Crippen LogP contribution is 2.36. The molecule has 7 nitrogen and oxygen atoms in total. The smallest absolute Gasteiger partial charge is 0.259 e. The van der Waals surface area contributed by atoms with Crippen LogP contribution in [0, 0.1) is 0 Å². The molecule has 0 aliphatic rings. The van der Waals surface area contributed by atoms with E-state index in [1.165, 1.54) is 6.07 Å². The summed E-state index contributed by atoms with van der Waals surface area (Å²) in [4.78, 5) is 18.9. The molecule has 0 aliphatic carbocycles. The molecule has 1 aromatic carbocycles. The fourth-order valence-electron chi connectivity index (χ4n) is 3.11. The number of fused-ring (bicyclic) bond motifs is 8. The number of aromatic hydroxyl groups is 2. The summed E-state index contributed by atoms with van der Waals surface area (Å²) in [6, 6.07) is 6.50. The monoisotopic (exact) mass is 292 g/mol. The number of nitrogens with zero attached hydrogens (tertiary/aromatic N) is 3. The van der Waals surface area contributed by atoms with Crippen LogP contribution >= 0.6 is 0 Å². The molecule has 0 bridgehead atoms. The van der Waals surface area contributed by atoms with Crippen molar-refractivity contribution in [2.45, 2.75) is 0 Å². The maximum atomic E-state index is 12.2. The van der Waals surface area contributed by atoms with Crippen molar-refractivity contribution in [3.05, 3.63) is 40.8 Å². The number of hydrogen-bond acceptors (Lipinski definition) is 5. The van der Waals surface area contributed by atoms with Crippen molar-refractivity contribution in [2.24, 2.45) is 0 Å². The van der Waals surface area contributed by atoms with Gasteiger partial charge in [-0.3, -0.25) is 9.78 Å². The van der Waals surface area contributed by atoms with Crippen molar-refractivity contribution in [3.8, 4) is 11.6 Å². The van der Waals surface area contributed by atoms with E-state index in [0.29, 0.717) is 38.2 Å². The molecule has 5 rings (SSSR count). The van der Waals surface area contributed by atoms with Gasteiger partial charge in [0.25, 0.3) is 5.56 Å². The standard InChI is InChI=1S/C15H8N4O3/c20-6-1-2-9-8(5-6)12-11-10(14(21)17-15(11)22)7-3-4-16-13(7)19(12)18-9/h1-5,20,22H,(H,17,21). The molecule has 3 N–H and O–H groups in total. The molecule has 4 aromatic heterocycles. The molecule has 7 heteroatoms. The van der Waals surface area contributed by atoms with Crippen LogP contribution in [0.25, 0.3) is 38.2 Å². The minimum absolute atomic E-state index is 0.0866. The number of rotatable bonds is 0. The van der Waals surface area contributed by atoms with Gasteiger partial charge in [-0.15, -0.1) is 0 Å². The molecular weight excluding hydrogens is 284 g/mol. The zero-order valence-corrected chi connectivity index (χ0v) is 11.0. The van der Waals surface area contributed by atoms with Gasteiger partial charge in [-0.05, 0) is 24.3 Å². The Bertz CT molecular complexity index is 1270. The van der Waals surface area contributed by atoms with Crippen LogP contribution in [0.4, 0.5) is 0 Å². The SMILES string of the molecule is O=c1[nH]c(O)c2c1c1ccnc1n1nc3ccc(O)cc3c21. The van der Waals surface area contributed by atoms with Crippen molar-refractivity contribution in [2.75, 3.05) is 0 Å². The van der Waals surface area contributed by atoms with Crippen molar-refractivity contribution >= 4 is 38.2 Å². The number of nitrogens with one attached hydrogen (secondary N) is 1. The minimum Gasteiger partial charge on any atom is -0.508 e. The molecular formula is C15H8N4O3. The Balaban J connectivity index is 2.28.